The molecule has 0 aromatic rings. The van der Waals surface area contributed by atoms with Crippen molar-refractivity contribution in [1.82, 2.24) is 10.0 Å². The molecule has 0 bridgehead atoms. The summed E-state index contributed by atoms with van der Waals surface area (Å²) in [4.78, 5) is 10.9. The lowest BCUT2D eigenvalue weighted by molar-refractivity contribution is -0.161. The SMILES string of the molecule is C=CCS(=O)(=O)C1C(C(=O)O)CN1N(C)C. The number of hydrogen-bond acceptors (Lipinski definition) is 5. The van der Waals surface area contributed by atoms with E-state index in [9.17, 15) is 13.2 Å². The van der Waals surface area contributed by atoms with Gasteiger partial charge in [0.2, 0.25) is 0 Å². The molecule has 0 spiro atoms. The molecule has 2 unspecified atom stereocenters. The number of carbonyl (C=O) groups is 1. The molecule has 2 atom stereocenters. The lowest BCUT2D eigenvalue weighted by atomic mass is 10.0. The van der Waals surface area contributed by atoms with E-state index in [4.69, 9.17) is 5.11 Å². The van der Waals surface area contributed by atoms with Crippen LogP contribution in [0.25, 0.3) is 0 Å². The zero-order valence-electron chi connectivity index (χ0n) is 9.33. The van der Waals surface area contributed by atoms with E-state index in [1.54, 1.807) is 19.1 Å². The van der Waals surface area contributed by atoms with E-state index < -0.39 is 27.1 Å². The monoisotopic (exact) mass is 248 g/mol. The number of carboxylic acid groups (broad SMARTS) is 1. The quantitative estimate of drug-likeness (QED) is 0.655. The number of hydrazine groups is 1. The van der Waals surface area contributed by atoms with Gasteiger partial charge in [-0.3, -0.25) is 4.79 Å². The summed E-state index contributed by atoms with van der Waals surface area (Å²) in [5.74, 6) is -2.13. The van der Waals surface area contributed by atoms with Gasteiger partial charge in [0.15, 0.2) is 9.84 Å². The number of nitrogens with zero attached hydrogens (tertiary/aromatic N) is 2. The minimum absolute atomic E-state index is 0.203. The first-order valence-corrected chi connectivity index (χ1v) is 6.52. The molecule has 1 rings (SSSR count). The molecule has 0 aromatic carbocycles. The first-order chi connectivity index (χ1) is 7.31. The molecule has 0 saturated carbocycles. The van der Waals surface area contributed by atoms with E-state index >= 15 is 0 Å². The van der Waals surface area contributed by atoms with Gasteiger partial charge in [-0.2, -0.15) is 0 Å². The van der Waals surface area contributed by atoms with Gasteiger partial charge >= 0.3 is 5.97 Å². The predicted molar refractivity (Wildman–Crippen MR) is 59.3 cm³/mol. The molecule has 1 aliphatic heterocycles. The lowest BCUT2D eigenvalue weighted by Gasteiger charge is -2.47. The van der Waals surface area contributed by atoms with E-state index in [-0.39, 0.29) is 12.3 Å². The van der Waals surface area contributed by atoms with Crippen LogP contribution in [0.3, 0.4) is 0 Å². The van der Waals surface area contributed by atoms with Crippen LogP contribution in [0.1, 0.15) is 0 Å². The minimum atomic E-state index is -3.48. The molecule has 92 valence electrons. The van der Waals surface area contributed by atoms with Crippen LogP contribution in [0.15, 0.2) is 12.7 Å². The summed E-state index contributed by atoms with van der Waals surface area (Å²) in [5, 5.41) is 11.1. The van der Waals surface area contributed by atoms with Crippen molar-refractivity contribution in [2.24, 2.45) is 5.92 Å². The van der Waals surface area contributed by atoms with E-state index in [0.29, 0.717) is 0 Å². The standard InChI is InChI=1S/C9H16N2O4S/c1-4-5-16(14,15)8-7(9(12)13)6-11(8)10(2)3/h4,7-8H,1,5-6H2,2-3H3,(H,12,13). The van der Waals surface area contributed by atoms with Gasteiger partial charge in [-0.15, -0.1) is 6.58 Å². The smallest absolute Gasteiger partial charge is 0.310 e. The highest BCUT2D eigenvalue weighted by atomic mass is 32.2. The molecule has 1 heterocycles. The van der Waals surface area contributed by atoms with Crippen LogP contribution in [-0.2, 0) is 14.6 Å². The van der Waals surface area contributed by atoms with Crippen LogP contribution in [-0.4, -0.2) is 61.3 Å². The predicted octanol–water partition coefficient (Wildman–Crippen LogP) is -0.594. The molecule has 0 aromatic heterocycles. The van der Waals surface area contributed by atoms with Crippen molar-refractivity contribution in [1.29, 1.82) is 0 Å². The Hall–Kier alpha value is -0.920. The molecule has 7 heteroatoms. The Morgan fingerprint density at radius 1 is 1.62 bits per heavy atom. The summed E-state index contributed by atoms with van der Waals surface area (Å²) in [5.41, 5.74) is 0. The first-order valence-electron chi connectivity index (χ1n) is 4.80. The van der Waals surface area contributed by atoms with E-state index in [1.165, 1.54) is 11.1 Å². The Morgan fingerprint density at radius 3 is 2.56 bits per heavy atom. The van der Waals surface area contributed by atoms with Crippen LogP contribution < -0.4 is 0 Å². The average molecular weight is 248 g/mol. The largest absolute Gasteiger partial charge is 0.481 e. The number of carboxylic acids is 1. The van der Waals surface area contributed by atoms with Gasteiger partial charge in [-0.1, -0.05) is 6.08 Å². The van der Waals surface area contributed by atoms with E-state index in [2.05, 4.69) is 6.58 Å². The van der Waals surface area contributed by atoms with Gasteiger partial charge in [-0.05, 0) is 0 Å². The highest BCUT2D eigenvalue weighted by Crippen LogP contribution is 2.30. The first kappa shape index (κ1) is 13.1. The third-order valence-electron chi connectivity index (χ3n) is 2.57. The summed E-state index contributed by atoms with van der Waals surface area (Å²) in [6.07, 6.45) is 1.28. The zero-order valence-corrected chi connectivity index (χ0v) is 10.1. The van der Waals surface area contributed by atoms with Gasteiger partial charge in [0.25, 0.3) is 0 Å². The second kappa shape index (κ2) is 4.52. The minimum Gasteiger partial charge on any atom is -0.481 e. The summed E-state index contributed by atoms with van der Waals surface area (Å²) < 4.78 is 23.7. The lowest BCUT2D eigenvalue weighted by Crippen LogP contribution is -2.66. The third-order valence-corrected chi connectivity index (χ3v) is 4.58. The molecule has 6 nitrogen and oxygen atoms in total. The molecular formula is C9H16N2O4S. The zero-order chi connectivity index (χ0) is 12.5. The second-order valence-electron chi connectivity index (χ2n) is 3.92. The Labute approximate surface area is 95.0 Å². The summed E-state index contributed by atoms with van der Waals surface area (Å²) in [6.45, 7) is 3.59. The maximum Gasteiger partial charge on any atom is 0.310 e. The van der Waals surface area contributed by atoms with Gasteiger partial charge in [0.05, 0.1) is 5.75 Å². The van der Waals surface area contributed by atoms with Crippen LogP contribution in [0.4, 0.5) is 0 Å². The van der Waals surface area contributed by atoms with Crippen LogP contribution in [0.2, 0.25) is 0 Å². The maximum absolute atomic E-state index is 11.8. The summed E-state index contributed by atoms with van der Waals surface area (Å²) >= 11 is 0. The van der Waals surface area contributed by atoms with E-state index in [0.717, 1.165) is 0 Å². The number of rotatable bonds is 5. The van der Waals surface area contributed by atoms with Crippen molar-refractivity contribution >= 4 is 15.8 Å². The van der Waals surface area contributed by atoms with Crippen LogP contribution in [0.5, 0.6) is 0 Å². The Bertz CT molecular complexity index is 390. The normalized spacial score (nSPS) is 26.4. The third kappa shape index (κ3) is 2.26. The fourth-order valence-electron chi connectivity index (χ4n) is 1.75. The molecular weight excluding hydrogens is 232 g/mol. The number of hydrogen-bond donors (Lipinski definition) is 1. The van der Waals surface area contributed by atoms with Gasteiger partial charge in [0, 0.05) is 20.6 Å². The molecule has 1 fully saturated rings. The van der Waals surface area contributed by atoms with Crippen molar-refractivity contribution in [2.45, 2.75) is 5.37 Å². The summed E-state index contributed by atoms with van der Waals surface area (Å²) in [6, 6.07) is 0. The molecule has 0 aliphatic carbocycles. The van der Waals surface area contributed by atoms with Crippen molar-refractivity contribution in [3.05, 3.63) is 12.7 Å². The fraction of sp³-hybridized carbons (Fsp3) is 0.667. The molecule has 0 amide bonds. The molecule has 1 aliphatic rings. The Kier molecular flexibility index (Phi) is 3.72. The van der Waals surface area contributed by atoms with Gasteiger partial charge < -0.3 is 5.11 Å². The number of sulfone groups is 1. The summed E-state index contributed by atoms with van der Waals surface area (Å²) in [7, 11) is -0.0986. The molecule has 1 saturated heterocycles. The topological polar surface area (TPSA) is 77.9 Å². The second-order valence-corrected chi connectivity index (χ2v) is 6.06. The van der Waals surface area contributed by atoms with Crippen LogP contribution >= 0.6 is 0 Å². The highest BCUT2D eigenvalue weighted by molar-refractivity contribution is 7.92. The van der Waals surface area contributed by atoms with Crippen molar-refractivity contribution < 1.29 is 18.3 Å². The van der Waals surface area contributed by atoms with Gasteiger partial charge in [-0.25, -0.2) is 18.4 Å². The average Bonchev–Trinajstić information content (AvgIpc) is 1.97. The molecule has 0 radical (unpaired) electrons. The number of aliphatic carboxylic acids is 1. The highest BCUT2D eigenvalue weighted by Gasteiger charge is 2.51. The Balaban J connectivity index is 2.94. The van der Waals surface area contributed by atoms with Crippen LogP contribution in [0, 0.1) is 5.92 Å². The molecule has 16 heavy (non-hydrogen) atoms. The van der Waals surface area contributed by atoms with Crippen molar-refractivity contribution in [2.75, 3.05) is 26.4 Å². The van der Waals surface area contributed by atoms with Crippen molar-refractivity contribution in [3.63, 3.8) is 0 Å². The van der Waals surface area contributed by atoms with Crippen molar-refractivity contribution in [3.8, 4) is 0 Å². The fourth-order valence-corrected chi connectivity index (χ4v) is 3.63. The van der Waals surface area contributed by atoms with Gasteiger partial charge in [0.1, 0.15) is 11.3 Å². The Morgan fingerprint density at radius 2 is 2.19 bits per heavy atom. The molecule has 1 N–H and O–H groups in total. The maximum atomic E-state index is 11.8. The van der Waals surface area contributed by atoms with E-state index in [1.807, 2.05) is 0 Å².